The molecule has 0 bridgehead atoms. The van der Waals surface area contributed by atoms with Crippen LogP contribution in [0.2, 0.25) is 0 Å². The number of carbonyl (C=O) groups excluding carboxylic acids is 1. The molecule has 1 aliphatic rings. The number of ether oxygens (including phenoxy) is 2. The summed E-state index contributed by atoms with van der Waals surface area (Å²) in [6.07, 6.45) is 1.88. The summed E-state index contributed by atoms with van der Waals surface area (Å²) < 4.78 is 12.2. The molecule has 1 unspecified atom stereocenters. The Kier molecular flexibility index (Phi) is 5.87. The highest BCUT2D eigenvalue weighted by Crippen LogP contribution is 2.19. The molecule has 1 heterocycles. The van der Waals surface area contributed by atoms with Crippen LogP contribution >= 0.6 is 15.9 Å². The van der Waals surface area contributed by atoms with Crippen molar-refractivity contribution >= 4 is 22.0 Å². The van der Waals surface area contributed by atoms with Gasteiger partial charge in [0.2, 0.25) is 0 Å². The number of hydrogen-bond donors (Lipinski definition) is 0. The summed E-state index contributed by atoms with van der Waals surface area (Å²) in [4.78, 5) is 14.2. The largest absolute Gasteiger partial charge is 0.444 e. The van der Waals surface area contributed by atoms with Gasteiger partial charge in [-0.3, -0.25) is 0 Å². The lowest BCUT2D eigenvalue weighted by Crippen LogP contribution is -2.40. The quantitative estimate of drug-likeness (QED) is 0.790. The molecule has 4 nitrogen and oxygen atoms in total. The van der Waals surface area contributed by atoms with E-state index in [0.29, 0.717) is 13.1 Å². The van der Waals surface area contributed by atoms with Crippen molar-refractivity contribution in [3.8, 4) is 0 Å². The first-order valence-corrected chi connectivity index (χ1v) is 8.47. The molecule has 0 saturated carbocycles. The average Bonchev–Trinajstić information content (AvgIpc) is 2.89. The Morgan fingerprint density at radius 2 is 2.23 bits per heavy atom. The van der Waals surface area contributed by atoms with Gasteiger partial charge in [0.05, 0.1) is 12.6 Å². The topological polar surface area (TPSA) is 38.8 Å². The maximum atomic E-state index is 12.5. The highest BCUT2D eigenvalue weighted by atomic mass is 79.9. The third-order valence-electron chi connectivity index (χ3n) is 3.36. The van der Waals surface area contributed by atoms with E-state index in [1.54, 1.807) is 4.90 Å². The SMILES string of the molecule is CC(C)(C)OC(=O)N(Cc1cccc(Br)c1)CC1CCCO1. The molecule has 1 saturated heterocycles. The summed E-state index contributed by atoms with van der Waals surface area (Å²) in [6.45, 7) is 7.52. The molecule has 1 atom stereocenters. The number of hydrogen-bond acceptors (Lipinski definition) is 3. The third kappa shape index (κ3) is 5.61. The summed E-state index contributed by atoms with van der Waals surface area (Å²) >= 11 is 3.47. The van der Waals surface area contributed by atoms with Gasteiger partial charge in [0.1, 0.15) is 5.60 Å². The second kappa shape index (κ2) is 7.47. The van der Waals surface area contributed by atoms with E-state index in [2.05, 4.69) is 15.9 Å². The monoisotopic (exact) mass is 369 g/mol. The van der Waals surface area contributed by atoms with Crippen molar-refractivity contribution < 1.29 is 14.3 Å². The van der Waals surface area contributed by atoms with E-state index in [-0.39, 0.29) is 12.2 Å². The van der Waals surface area contributed by atoms with Crippen molar-refractivity contribution in [2.24, 2.45) is 0 Å². The van der Waals surface area contributed by atoms with E-state index < -0.39 is 5.60 Å². The van der Waals surface area contributed by atoms with E-state index >= 15 is 0 Å². The number of carbonyl (C=O) groups is 1. The molecule has 1 amide bonds. The van der Waals surface area contributed by atoms with Crippen LogP contribution in [0.25, 0.3) is 0 Å². The van der Waals surface area contributed by atoms with E-state index in [4.69, 9.17) is 9.47 Å². The van der Waals surface area contributed by atoms with Crippen molar-refractivity contribution in [2.75, 3.05) is 13.2 Å². The summed E-state index contributed by atoms with van der Waals surface area (Å²) in [5, 5.41) is 0. The van der Waals surface area contributed by atoms with Crippen LogP contribution in [0.1, 0.15) is 39.2 Å². The Labute approximate surface area is 140 Å². The van der Waals surface area contributed by atoms with Crippen LogP contribution in [0.3, 0.4) is 0 Å². The van der Waals surface area contributed by atoms with Gasteiger partial charge >= 0.3 is 6.09 Å². The molecule has 0 N–H and O–H groups in total. The molecule has 2 rings (SSSR count). The summed E-state index contributed by atoms with van der Waals surface area (Å²) in [5.74, 6) is 0. The van der Waals surface area contributed by atoms with Crippen LogP contribution in [0.15, 0.2) is 28.7 Å². The molecular weight excluding hydrogens is 346 g/mol. The van der Waals surface area contributed by atoms with Crippen molar-refractivity contribution in [2.45, 2.75) is 51.9 Å². The first kappa shape index (κ1) is 17.3. The Hall–Kier alpha value is -1.07. The lowest BCUT2D eigenvalue weighted by Gasteiger charge is -2.29. The van der Waals surface area contributed by atoms with E-state index in [0.717, 1.165) is 29.5 Å². The van der Waals surface area contributed by atoms with Crippen LogP contribution < -0.4 is 0 Å². The van der Waals surface area contributed by atoms with Gasteiger partial charge in [-0.25, -0.2) is 4.79 Å². The fourth-order valence-electron chi connectivity index (χ4n) is 2.42. The Balaban J connectivity index is 2.07. The zero-order valence-corrected chi connectivity index (χ0v) is 15.1. The van der Waals surface area contributed by atoms with Gasteiger partial charge in [-0.15, -0.1) is 0 Å². The van der Waals surface area contributed by atoms with E-state index in [1.165, 1.54) is 0 Å². The van der Waals surface area contributed by atoms with Gasteiger partial charge < -0.3 is 14.4 Å². The first-order valence-electron chi connectivity index (χ1n) is 7.67. The predicted molar refractivity (Wildman–Crippen MR) is 89.8 cm³/mol. The molecule has 0 aliphatic carbocycles. The van der Waals surface area contributed by atoms with Gasteiger partial charge in [0.15, 0.2) is 0 Å². The molecule has 1 fully saturated rings. The van der Waals surface area contributed by atoms with Crippen molar-refractivity contribution in [1.29, 1.82) is 0 Å². The number of nitrogens with zero attached hydrogens (tertiary/aromatic N) is 1. The fourth-order valence-corrected chi connectivity index (χ4v) is 2.87. The molecule has 1 aromatic rings. The molecule has 22 heavy (non-hydrogen) atoms. The Morgan fingerprint density at radius 3 is 2.82 bits per heavy atom. The standard InChI is InChI=1S/C17H24BrNO3/c1-17(2,3)22-16(20)19(12-15-8-5-9-21-15)11-13-6-4-7-14(18)10-13/h4,6-7,10,15H,5,8-9,11-12H2,1-3H3. The predicted octanol–water partition coefficient (Wildman–Crippen LogP) is 4.37. The molecule has 0 aromatic heterocycles. The van der Waals surface area contributed by atoms with Crippen molar-refractivity contribution in [3.05, 3.63) is 34.3 Å². The van der Waals surface area contributed by atoms with Crippen LogP contribution in [0.5, 0.6) is 0 Å². The minimum atomic E-state index is -0.497. The minimum Gasteiger partial charge on any atom is -0.444 e. The second-order valence-corrected chi connectivity index (χ2v) is 7.54. The molecule has 1 aromatic carbocycles. The van der Waals surface area contributed by atoms with Gasteiger partial charge in [0, 0.05) is 17.6 Å². The number of halogens is 1. The Bertz CT molecular complexity index is 507. The van der Waals surface area contributed by atoms with Crippen LogP contribution in [-0.2, 0) is 16.0 Å². The highest BCUT2D eigenvalue weighted by molar-refractivity contribution is 9.10. The molecule has 1 aliphatic heterocycles. The molecule has 5 heteroatoms. The molecular formula is C17H24BrNO3. The van der Waals surface area contributed by atoms with E-state index in [9.17, 15) is 4.79 Å². The van der Waals surface area contributed by atoms with Gasteiger partial charge in [-0.2, -0.15) is 0 Å². The van der Waals surface area contributed by atoms with Crippen LogP contribution in [0.4, 0.5) is 4.79 Å². The molecule has 0 spiro atoms. The highest BCUT2D eigenvalue weighted by Gasteiger charge is 2.26. The Morgan fingerprint density at radius 1 is 1.45 bits per heavy atom. The van der Waals surface area contributed by atoms with Crippen molar-refractivity contribution in [3.63, 3.8) is 0 Å². The first-order chi connectivity index (χ1) is 10.3. The average molecular weight is 370 g/mol. The second-order valence-electron chi connectivity index (χ2n) is 6.63. The minimum absolute atomic E-state index is 0.111. The van der Waals surface area contributed by atoms with Crippen LogP contribution in [-0.4, -0.2) is 35.8 Å². The maximum Gasteiger partial charge on any atom is 0.410 e. The third-order valence-corrected chi connectivity index (χ3v) is 3.86. The lowest BCUT2D eigenvalue weighted by molar-refractivity contribution is 0.00859. The van der Waals surface area contributed by atoms with E-state index in [1.807, 2.05) is 45.0 Å². The van der Waals surface area contributed by atoms with Crippen molar-refractivity contribution in [1.82, 2.24) is 4.90 Å². The zero-order valence-electron chi connectivity index (χ0n) is 13.5. The summed E-state index contributed by atoms with van der Waals surface area (Å²) in [5.41, 5.74) is 0.571. The molecule has 122 valence electrons. The number of benzene rings is 1. The van der Waals surface area contributed by atoms with Gasteiger partial charge in [-0.1, -0.05) is 28.1 Å². The normalized spacial score (nSPS) is 18.3. The van der Waals surface area contributed by atoms with Gasteiger partial charge in [-0.05, 0) is 51.3 Å². The fraction of sp³-hybridized carbons (Fsp3) is 0.588. The zero-order chi connectivity index (χ0) is 16.2. The van der Waals surface area contributed by atoms with Gasteiger partial charge in [0.25, 0.3) is 0 Å². The number of rotatable bonds is 4. The maximum absolute atomic E-state index is 12.5. The molecule has 0 radical (unpaired) electrons. The van der Waals surface area contributed by atoms with Crippen LogP contribution in [0, 0.1) is 0 Å². The summed E-state index contributed by atoms with van der Waals surface area (Å²) in [6, 6.07) is 7.98. The summed E-state index contributed by atoms with van der Waals surface area (Å²) in [7, 11) is 0. The number of amides is 1. The smallest absolute Gasteiger partial charge is 0.410 e. The lowest BCUT2D eigenvalue weighted by atomic mass is 10.2.